The summed E-state index contributed by atoms with van der Waals surface area (Å²) in [5, 5.41) is 8.79. The van der Waals surface area contributed by atoms with Crippen LogP contribution in [0.25, 0.3) is 6.08 Å². The van der Waals surface area contributed by atoms with Gasteiger partial charge in [0.2, 0.25) is 5.82 Å². The number of rotatable bonds is 3. The van der Waals surface area contributed by atoms with Gasteiger partial charge >= 0.3 is 0 Å². The second-order valence-electron chi connectivity index (χ2n) is 3.30. The largest absolute Gasteiger partial charge is 0.392 e. The van der Waals surface area contributed by atoms with Gasteiger partial charge in [0.05, 0.1) is 12.2 Å². The molecule has 0 aliphatic heterocycles. The number of hydrogen-bond acceptors (Lipinski definition) is 1. The van der Waals surface area contributed by atoms with Gasteiger partial charge in [0.25, 0.3) is 0 Å². The average molecular weight is 252 g/mol. The fourth-order valence-corrected chi connectivity index (χ4v) is 1.21. The van der Waals surface area contributed by atoms with E-state index < -0.39 is 41.3 Å². The summed E-state index contributed by atoms with van der Waals surface area (Å²) >= 11 is 0. The molecule has 1 N–H and O–H groups in total. The molecule has 17 heavy (non-hydrogen) atoms. The zero-order valence-corrected chi connectivity index (χ0v) is 8.83. The molecule has 0 aromatic heterocycles. The van der Waals surface area contributed by atoms with Crippen LogP contribution in [0.4, 0.5) is 22.0 Å². The topological polar surface area (TPSA) is 20.2 Å². The lowest BCUT2D eigenvalue weighted by Crippen LogP contribution is -2.04. The molecule has 0 saturated heterocycles. The molecule has 0 bridgehead atoms. The first-order chi connectivity index (χ1) is 7.93. The molecule has 1 aromatic carbocycles. The first kappa shape index (κ1) is 13.6. The molecule has 1 nitrogen and oxygen atoms in total. The van der Waals surface area contributed by atoms with Gasteiger partial charge in [0, 0.05) is 0 Å². The van der Waals surface area contributed by atoms with Gasteiger partial charge in [-0.15, -0.1) is 0 Å². The SMILES string of the molecule is CCC(=Cc1c(F)c(F)c(F)c(F)c1F)CO. The zero-order valence-electron chi connectivity index (χ0n) is 8.83. The number of halogens is 5. The van der Waals surface area contributed by atoms with Crippen molar-refractivity contribution in [3.8, 4) is 0 Å². The van der Waals surface area contributed by atoms with Crippen molar-refractivity contribution in [2.75, 3.05) is 6.61 Å². The van der Waals surface area contributed by atoms with E-state index in [1.807, 2.05) is 0 Å². The molecular weight excluding hydrogens is 243 g/mol. The van der Waals surface area contributed by atoms with Crippen LogP contribution in [0.3, 0.4) is 0 Å². The van der Waals surface area contributed by atoms with E-state index in [-0.39, 0.29) is 12.0 Å². The van der Waals surface area contributed by atoms with Crippen LogP contribution < -0.4 is 0 Å². The van der Waals surface area contributed by atoms with Gasteiger partial charge in [-0.25, -0.2) is 22.0 Å². The lowest BCUT2D eigenvalue weighted by molar-refractivity contribution is 0.328. The molecule has 0 heterocycles. The van der Waals surface area contributed by atoms with Crippen LogP contribution in [0.15, 0.2) is 5.57 Å². The van der Waals surface area contributed by atoms with Crippen molar-refractivity contribution in [3.05, 3.63) is 40.2 Å². The molecule has 94 valence electrons. The highest BCUT2D eigenvalue weighted by molar-refractivity contribution is 5.55. The number of hydrogen-bond donors (Lipinski definition) is 1. The normalized spacial score (nSPS) is 12.1. The smallest absolute Gasteiger partial charge is 0.200 e. The van der Waals surface area contributed by atoms with E-state index in [4.69, 9.17) is 5.11 Å². The van der Waals surface area contributed by atoms with Crippen molar-refractivity contribution in [2.24, 2.45) is 0 Å². The summed E-state index contributed by atoms with van der Waals surface area (Å²) in [5.74, 6) is -9.99. The quantitative estimate of drug-likeness (QED) is 0.497. The molecule has 0 aliphatic carbocycles. The fraction of sp³-hybridized carbons (Fsp3) is 0.273. The van der Waals surface area contributed by atoms with E-state index >= 15 is 0 Å². The second kappa shape index (κ2) is 5.27. The molecule has 0 saturated carbocycles. The maximum atomic E-state index is 13.2. The third-order valence-corrected chi connectivity index (χ3v) is 2.25. The molecular formula is C11H9F5O. The van der Waals surface area contributed by atoms with E-state index in [0.29, 0.717) is 0 Å². The van der Waals surface area contributed by atoms with E-state index in [0.717, 1.165) is 6.08 Å². The lowest BCUT2D eigenvalue weighted by atomic mass is 10.1. The Bertz CT molecular complexity index is 432. The zero-order chi connectivity index (χ0) is 13.2. The van der Waals surface area contributed by atoms with E-state index in [2.05, 4.69) is 0 Å². The van der Waals surface area contributed by atoms with Gasteiger partial charge in [0.1, 0.15) is 0 Å². The van der Waals surface area contributed by atoms with Gasteiger partial charge in [-0.05, 0) is 18.1 Å². The summed E-state index contributed by atoms with van der Waals surface area (Å²) in [5.41, 5.74) is -0.875. The number of aliphatic hydroxyl groups is 1. The van der Waals surface area contributed by atoms with Crippen LogP contribution in [0.5, 0.6) is 0 Å². The molecule has 0 fully saturated rings. The van der Waals surface area contributed by atoms with E-state index in [1.54, 1.807) is 6.92 Å². The Morgan fingerprint density at radius 2 is 1.35 bits per heavy atom. The Balaban J connectivity index is 3.49. The van der Waals surface area contributed by atoms with E-state index in [9.17, 15) is 22.0 Å². The first-order valence-electron chi connectivity index (χ1n) is 4.75. The molecule has 0 amide bonds. The Morgan fingerprint density at radius 1 is 0.941 bits per heavy atom. The van der Waals surface area contributed by atoms with Gasteiger partial charge in [-0.2, -0.15) is 0 Å². The Labute approximate surface area is 94.2 Å². The van der Waals surface area contributed by atoms with Crippen molar-refractivity contribution in [3.63, 3.8) is 0 Å². The monoisotopic (exact) mass is 252 g/mol. The third kappa shape index (κ3) is 2.46. The summed E-state index contributed by atoms with van der Waals surface area (Å²) in [6.45, 7) is 1.06. The second-order valence-corrected chi connectivity index (χ2v) is 3.30. The van der Waals surface area contributed by atoms with Crippen LogP contribution in [0.1, 0.15) is 18.9 Å². The van der Waals surface area contributed by atoms with Crippen LogP contribution >= 0.6 is 0 Å². The van der Waals surface area contributed by atoms with Gasteiger partial charge < -0.3 is 5.11 Å². The summed E-state index contributed by atoms with van der Waals surface area (Å²) < 4.78 is 64.7. The molecule has 1 rings (SSSR count). The maximum Gasteiger partial charge on any atom is 0.200 e. The van der Waals surface area contributed by atoms with Crippen LogP contribution in [0.2, 0.25) is 0 Å². The number of aliphatic hydroxyl groups excluding tert-OH is 1. The first-order valence-corrected chi connectivity index (χ1v) is 4.75. The minimum atomic E-state index is -2.20. The lowest BCUT2D eigenvalue weighted by Gasteiger charge is -2.06. The van der Waals surface area contributed by atoms with Crippen LogP contribution in [-0.2, 0) is 0 Å². The standard InChI is InChI=1S/C11H9F5O/c1-2-5(4-17)3-6-7(12)9(14)11(16)10(15)8(6)13/h3,17H,2,4H2,1H3. The summed E-state index contributed by atoms with van der Waals surface area (Å²) in [4.78, 5) is 0. The molecule has 0 atom stereocenters. The fourth-order valence-electron chi connectivity index (χ4n) is 1.21. The van der Waals surface area contributed by atoms with Crippen LogP contribution in [-0.4, -0.2) is 11.7 Å². The Kier molecular flexibility index (Phi) is 4.22. The van der Waals surface area contributed by atoms with Crippen molar-refractivity contribution >= 4 is 6.08 Å². The molecule has 0 radical (unpaired) electrons. The van der Waals surface area contributed by atoms with Gasteiger partial charge in [-0.1, -0.05) is 6.92 Å². The highest BCUT2D eigenvalue weighted by Gasteiger charge is 2.24. The van der Waals surface area contributed by atoms with Crippen molar-refractivity contribution in [1.29, 1.82) is 0 Å². The van der Waals surface area contributed by atoms with Crippen molar-refractivity contribution in [1.82, 2.24) is 0 Å². The van der Waals surface area contributed by atoms with Gasteiger partial charge in [0.15, 0.2) is 23.3 Å². The Hall–Kier alpha value is -1.43. The summed E-state index contributed by atoms with van der Waals surface area (Å²) in [6, 6.07) is 0. The molecule has 0 aliphatic rings. The molecule has 1 aromatic rings. The minimum absolute atomic E-state index is 0.160. The van der Waals surface area contributed by atoms with Crippen LogP contribution in [0, 0.1) is 29.1 Å². The summed E-state index contributed by atoms with van der Waals surface area (Å²) in [6.07, 6.45) is 0.992. The van der Waals surface area contributed by atoms with Gasteiger partial charge in [-0.3, -0.25) is 0 Å². The summed E-state index contributed by atoms with van der Waals surface area (Å²) in [7, 11) is 0. The Morgan fingerprint density at radius 3 is 1.71 bits per heavy atom. The van der Waals surface area contributed by atoms with E-state index in [1.165, 1.54) is 0 Å². The van der Waals surface area contributed by atoms with Crippen molar-refractivity contribution in [2.45, 2.75) is 13.3 Å². The maximum absolute atomic E-state index is 13.2. The predicted molar refractivity (Wildman–Crippen MR) is 51.6 cm³/mol. The average Bonchev–Trinajstić information content (AvgIpc) is 2.34. The minimum Gasteiger partial charge on any atom is -0.392 e. The predicted octanol–water partition coefficient (Wildman–Crippen LogP) is 3.17. The highest BCUT2D eigenvalue weighted by Crippen LogP contribution is 2.25. The van der Waals surface area contributed by atoms with Crippen molar-refractivity contribution < 1.29 is 27.1 Å². The molecule has 6 heteroatoms. The highest BCUT2D eigenvalue weighted by atomic mass is 19.2. The molecule has 0 unspecified atom stereocenters. The third-order valence-electron chi connectivity index (χ3n) is 2.25. The molecule has 0 spiro atoms. The number of benzene rings is 1.